The Morgan fingerprint density at radius 1 is 1.59 bits per heavy atom. The number of amides is 1. The van der Waals surface area contributed by atoms with Crippen molar-refractivity contribution in [3.8, 4) is 0 Å². The smallest absolute Gasteiger partial charge is 0.225 e. The number of hydrogen-bond donors (Lipinski definition) is 1. The van der Waals surface area contributed by atoms with Crippen LogP contribution < -0.4 is 4.90 Å². The third-order valence-corrected chi connectivity index (χ3v) is 5.12. The molecule has 118 valence electrons. The van der Waals surface area contributed by atoms with Crippen molar-refractivity contribution in [2.24, 2.45) is 0 Å². The lowest BCUT2D eigenvalue weighted by molar-refractivity contribution is -0.116. The van der Waals surface area contributed by atoms with Crippen LogP contribution in [0.15, 0.2) is 17.6 Å². The summed E-state index contributed by atoms with van der Waals surface area (Å²) in [6.07, 6.45) is 4.21. The molecule has 0 bridgehead atoms. The Balaban J connectivity index is 1.62. The number of aromatic amines is 1. The number of H-pyrrole nitrogens is 1. The molecule has 0 aliphatic carbocycles. The second-order valence-electron chi connectivity index (χ2n) is 5.79. The molecule has 2 aromatic rings. The first kappa shape index (κ1) is 15.2. The highest BCUT2D eigenvalue weighted by molar-refractivity contribution is 7.14. The van der Waals surface area contributed by atoms with Crippen LogP contribution in [-0.2, 0) is 11.3 Å². The second-order valence-corrected chi connectivity index (χ2v) is 6.62. The predicted molar refractivity (Wildman–Crippen MR) is 87.0 cm³/mol. The topological polar surface area (TPSA) is 65.1 Å². The standard InChI is InChI=1S/C15H21N5OS/c1-11(21)19(2)15-17-13(10-22-15)9-20-7-3-4-12(8-20)14-5-6-16-18-14/h5-6,10,12H,3-4,7-9H2,1-2H3,(H,16,18). The Labute approximate surface area is 134 Å². The highest BCUT2D eigenvalue weighted by Gasteiger charge is 2.23. The van der Waals surface area contributed by atoms with Crippen molar-refractivity contribution < 1.29 is 4.79 Å². The van der Waals surface area contributed by atoms with Crippen LogP contribution in [-0.4, -0.2) is 46.1 Å². The van der Waals surface area contributed by atoms with Gasteiger partial charge in [0, 0.05) is 50.2 Å². The summed E-state index contributed by atoms with van der Waals surface area (Å²) in [7, 11) is 1.76. The number of aromatic nitrogens is 3. The maximum absolute atomic E-state index is 11.4. The van der Waals surface area contributed by atoms with Crippen LogP contribution in [0.5, 0.6) is 0 Å². The molecule has 3 heterocycles. The van der Waals surface area contributed by atoms with Crippen LogP contribution in [0, 0.1) is 0 Å². The first-order valence-corrected chi connectivity index (χ1v) is 8.42. The molecule has 7 heteroatoms. The second kappa shape index (κ2) is 6.58. The zero-order chi connectivity index (χ0) is 15.5. The molecule has 1 fully saturated rings. The Morgan fingerprint density at radius 2 is 2.45 bits per heavy atom. The third-order valence-electron chi connectivity index (χ3n) is 4.15. The lowest BCUT2D eigenvalue weighted by Crippen LogP contribution is -2.34. The van der Waals surface area contributed by atoms with Crippen molar-refractivity contribution in [1.82, 2.24) is 20.1 Å². The van der Waals surface area contributed by atoms with Crippen LogP contribution in [0.25, 0.3) is 0 Å². The van der Waals surface area contributed by atoms with Gasteiger partial charge in [-0.1, -0.05) is 0 Å². The van der Waals surface area contributed by atoms with Crippen molar-refractivity contribution >= 4 is 22.4 Å². The summed E-state index contributed by atoms with van der Waals surface area (Å²) in [5.74, 6) is 0.535. The van der Waals surface area contributed by atoms with Crippen LogP contribution in [0.2, 0.25) is 0 Å². The number of nitrogens with zero attached hydrogens (tertiary/aromatic N) is 4. The van der Waals surface area contributed by atoms with Crippen molar-refractivity contribution in [1.29, 1.82) is 0 Å². The minimum Gasteiger partial charge on any atom is -0.297 e. The number of likely N-dealkylation sites (tertiary alicyclic amines) is 1. The molecule has 3 rings (SSSR count). The molecular weight excluding hydrogens is 298 g/mol. The van der Waals surface area contributed by atoms with Gasteiger partial charge in [-0.05, 0) is 25.5 Å². The number of carbonyl (C=O) groups excluding carboxylic acids is 1. The molecule has 0 aromatic carbocycles. The van der Waals surface area contributed by atoms with Gasteiger partial charge in [-0.2, -0.15) is 5.10 Å². The zero-order valence-electron chi connectivity index (χ0n) is 13.0. The summed E-state index contributed by atoms with van der Waals surface area (Å²) >= 11 is 1.52. The van der Waals surface area contributed by atoms with Gasteiger partial charge >= 0.3 is 0 Å². The maximum atomic E-state index is 11.4. The van der Waals surface area contributed by atoms with Gasteiger partial charge in [0.25, 0.3) is 0 Å². The van der Waals surface area contributed by atoms with Gasteiger partial charge in [0.15, 0.2) is 5.13 Å². The molecule has 1 saturated heterocycles. The van der Waals surface area contributed by atoms with E-state index in [-0.39, 0.29) is 5.91 Å². The van der Waals surface area contributed by atoms with E-state index in [1.807, 2.05) is 6.20 Å². The van der Waals surface area contributed by atoms with Crippen LogP contribution in [0.4, 0.5) is 5.13 Å². The number of nitrogens with one attached hydrogen (secondary N) is 1. The van der Waals surface area contributed by atoms with E-state index in [9.17, 15) is 4.79 Å². The van der Waals surface area contributed by atoms with Crippen molar-refractivity contribution in [2.75, 3.05) is 25.0 Å². The number of hydrogen-bond acceptors (Lipinski definition) is 5. The van der Waals surface area contributed by atoms with E-state index in [1.165, 1.54) is 29.9 Å². The van der Waals surface area contributed by atoms with Crippen LogP contribution in [0.1, 0.15) is 37.1 Å². The number of rotatable bonds is 4. The van der Waals surface area contributed by atoms with E-state index < -0.39 is 0 Å². The maximum Gasteiger partial charge on any atom is 0.225 e. The summed E-state index contributed by atoms with van der Waals surface area (Å²) in [6, 6.07) is 2.07. The number of carbonyl (C=O) groups is 1. The Morgan fingerprint density at radius 3 is 3.18 bits per heavy atom. The largest absolute Gasteiger partial charge is 0.297 e. The molecule has 0 spiro atoms. The normalized spacial score (nSPS) is 19.3. The molecule has 0 saturated carbocycles. The molecule has 1 atom stereocenters. The van der Waals surface area contributed by atoms with E-state index in [0.717, 1.165) is 30.5 Å². The molecule has 1 amide bonds. The fourth-order valence-corrected chi connectivity index (χ4v) is 3.66. The molecule has 1 N–H and O–H groups in total. The Hall–Kier alpha value is -1.73. The lowest BCUT2D eigenvalue weighted by Gasteiger charge is -2.31. The van der Waals surface area contributed by atoms with E-state index in [1.54, 1.807) is 18.9 Å². The van der Waals surface area contributed by atoms with E-state index in [0.29, 0.717) is 5.92 Å². The van der Waals surface area contributed by atoms with Gasteiger partial charge in [0.05, 0.1) is 5.69 Å². The average molecular weight is 319 g/mol. The zero-order valence-corrected chi connectivity index (χ0v) is 13.8. The minimum absolute atomic E-state index is 0.0122. The number of anilines is 1. The summed E-state index contributed by atoms with van der Waals surface area (Å²) in [4.78, 5) is 20.0. The highest BCUT2D eigenvalue weighted by Crippen LogP contribution is 2.27. The van der Waals surface area contributed by atoms with Gasteiger partial charge in [-0.25, -0.2) is 4.98 Å². The fourth-order valence-electron chi connectivity index (χ4n) is 2.83. The summed E-state index contributed by atoms with van der Waals surface area (Å²) in [5.41, 5.74) is 2.26. The van der Waals surface area contributed by atoms with Gasteiger partial charge in [-0.15, -0.1) is 11.3 Å². The van der Waals surface area contributed by atoms with Crippen LogP contribution >= 0.6 is 11.3 Å². The van der Waals surface area contributed by atoms with E-state index >= 15 is 0 Å². The summed E-state index contributed by atoms with van der Waals surface area (Å²) in [5, 5.41) is 9.96. The monoisotopic (exact) mass is 319 g/mol. The Kier molecular flexibility index (Phi) is 4.54. The van der Waals surface area contributed by atoms with Crippen molar-refractivity contribution in [3.05, 3.63) is 29.0 Å². The van der Waals surface area contributed by atoms with Gasteiger partial charge in [0.1, 0.15) is 0 Å². The van der Waals surface area contributed by atoms with E-state index in [4.69, 9.17) is 0 Å². The predicted octanol–water partition coefficient (Wildman–Crippen LogP) is 2.23. The number of piperidine rings is 1. The highest BCUT2D eigenvalue weighted by atomic mass is 32.1. The molecule has 1 unspecified atom stereocenters. The average Bonchev–Trinajstić information content (AvgIpc) is 3.18. The molecular formula is C15H21N5OS. The summed E-state index contributed by atoms with van der Waals surface area (Å²) in [6.45, 7) is 4.52. The molecule has 6 nitrogen and oxygen atoms in total. The van der Waals surface area contributed by atoms with E-state index in [2.05, 4.69) is 31.5 Å². The molecule has 1 aliphatic rings. The molecule has 2 aromatic heterocycles. The van der Waals surface area contributed by atoms with Gasteiger partial charge < -0.3 is 0 Å². The number of thiazole rings is 1. The SMILES string of the molecule is CC(=O)N(C)c1nc(CN2CCCC(c3ccn[nH]3)C2)cs1. The fraction of sp³-hybridized carbons (Fsp3) is 0.533. The van der Waals surface area contributed by atoms with Gasteiger partial charge in [-0.3, -0.25) is 19.7 Å². The lowest BCUT2D eigenvalue weighted by atomic mass is 9.95. The first-order chi connectivity index (χ1) is 10.6. The molecule has 0 radical (unpaired) electrons. The molecule has 22 heavy (non-hydrogen) atoms. The minimum atomic E-state index is 0.0122. The Bertz CT molecular complexity index is 624. The quantitative estimate of drug-likeness (QED) is 0.938. The third kappa shape index (κ3) is 3.36. The van der Waals surface area contributed by atoms with Crippen LogP contribution in [0.3, 0.4) is 0 Å². The van der Waals surface area contributed by atoms with Gasteiger partial charge in [0.2, 0.25) is 5.91 Å². The first-order valence-electron chi connectivity index (χ1n) is 7.54. The summed E-state index contributed by atoms with van der Waals surface area (Å²) < 4.78 is 0. The molecule has 1 aliphatic heterocycles. The van der Waals surface area contributed by atoms with Crippen molar-refractivity contribution in [3.63, 3.8) is 0 Å². The van der Waals surface area contributed by atoms with Crippen molar-refractivity contribution in [2.45, 2.75) is 32.2 Å².